The molecule has 1 aliphatic rings. The number of carbonyl (C=O) groups is 19. The molecule has 2 aromatic carbocycles. The molecule has 49 heteroatoms. The van der Waals surface area contributed by atoms with Crippen LogP contribution in [0.25, 0.3) is 0 Å². The lowest BCUT2D eigenvalue weighted by Gasteiger charge is -2.27. The van der Waals surface area contributed by atoms with Crippen LogP contribution < -0.4 is 131 Å². The molecule has 0 spiro atoms. The number of aliphatic hydroxyl groups excluding tert-OH is 2. The number of likely N-dealkylation sites (tertiary alicyclic amines) is 1. The van der Waals surface area contributed by atoms with Gasteiger partial charge in [-0.05, 0) is 148 Å². The van der Waals surface area contributed by atoms with Crippen LogP contribution in [0.3, 0.4) is 0 Å². The van der Waals surface area contributed by atoms with Crippen LogP contribution in [0.5, 0.6) is 0 Å². The summed E-state index contributed by atoms with van der Waals surface area (Å²) in [6.07, 6.45) is 16.1. The highest BCUT2D eigenvalue weighted by Gasteiger charge is 2.41. The molecule has 1 saturated heterocycles. The molecule has 0 radical (unpaired) electrons. The highest BCUT2D eigenvalue weighted by molar-refractivity contribution is 8.00. The van der Waals surface area contributed by atoms with E-state index in [1.165, 1.54) is 13.8 Å². The van der Waals surface area contributed by atoms with Crippen LogP contribution >= 0.6 is 11.8 Å². The third-order valence-corrected chi connectivity index (χ3v) is 24.4. The summed E-state index contributed by atoms with van der Waals surface area (Å²) in [6, 6.07) is 0.866. The number of carbonyl (C=O) groups excluding carboxylic acids is 19. The van der Waals surface area contributed by atoms with Gasteiger partial charge in [0.2, 0.25) is 112 Å². The lowest BCUT2D eigenvalue weighted by atomic mass is 10.0. The second-order valence-electron chi connectivity index (χ2n) is 35.4. The minimum absolute atomic E-state index is 0.00233. The Balaban J connectivity index is 1.60. The summed E-state index contributed by atoms with van der Waals surface area (Å²) in [6.45, 7) is 1.88. The van der Waals surface area contributed by atoms with E-state index in [9.17, 15) is 101 Å². The van der Waals surface area contributed by atoms with Gasteiger partial charge >= 0.3 is 0 Å². The monoisotopic (exact) mass is 2030 g/mol. The highest BCUT2D eigenvalue weighted by atomic mass is 32.2. The first-order chi connectivity index (χ1) is 68.3. The number of amides is 19. The maximum Gasteiger partial charge on any atom is 0.245 e. The van der Waals surface area contributed by atoms with Gasteiger partial charge in [-0.15, -0.1) is 11.8 Å². The Morgan fingerprint density at radius 1 is 0.385 bits per heavy atom. The Hall–Kier alpha value is -12.7. The number of nitrogens with two attached hydrogens (primary N) is 7. The fourth-order valence-electron chi connectivity index (χ4n) is 14.9. The van der Waals surface area contributed by atoms with E-state index >= 15 is 0 Å². The molecule has 0 saturated carbocycles. The summed E-state index contributed by atoms with van der Waals surface area (Å²) < 4.78 is 0. The van der Waals surface area contributed by atoms with E-state index in [0.29, 0.717) is 44.3 Å². The van der Waals surface area contributed by atoms with Gasteiger partial charge in [-0.2, -0.15) is 0 Å². The number of aliphatic hydroxyl groups is 2. The maximum absolute atomic E-state index is 14.4. The van der Waals surface area contributed by atoms with Crippen molar-refractivity contribution in [1.82, 2.24) is 95.3 Å². The molecule has 1 fully saturated rings. The van der Waals surface area contributed by atoms with Crippen LogP contribution in [-0.2, 0) is 104 Å². The zero-order valence-electron chi connectivity index (χ0n) is 82.6. The van der Waals surface area contributed by atoms with E-state index < -0.39 is 210 Å². The van der Waals surface area contributed by atoms with Crippen LogP contribution in [0.2, 0.25) is 0 Å². The molecule has 1 unspecified atom stereocenters. The predicted molar refractivity (Wildman–Crippen MR) is 535 cm³/mol. The molecule has 0 aromatic heterocycles. The Kier molecular flexibility index (Phi) is 63.1. The van der Waals surface area contributed by atoms with Crippen molar-refractivity contribution < 1.29 is 101 Å². The highest BCUT2D eigenvalue weighted by Crippen LogP contribution is 2.27. The van der Waals surface area contributed by atoms with Crippen molar-refractivity contribution in [2.45, 2.75) is 310 Å². The first-order valence-electron chi connectivity index (χ1n) is 49.4. The van der Waals surface area contributed by atoms with Crippen molar-refractivity contribution in [3.63, 3.8) is 0 Å². The minimum atomic E-state index is -1.83. The van der Waals surface area contributed by atoms with Crippen molar-refractivity contribution in [2.24, 2.45) is 40.1 Å². The van der Waals surface area contributed by atoms with E-state index in [2.05, 4.69) is 90.4 Å². The normalized spacial score (nSPS) is 14.7. The van der Waals surface area contributed by atoms with E-state index in [-0.39, 0.29) is 140 Å². The fraction of sp³-hybridized carbons (Fsp3) is 0.649. The zero-order valence-corrected chi connectivity index (χ0v) is 83.5. The lowest BCUT2D eigenvalue weighted by Crippen LogP contribution is -2.60. The van der Waals surface area contributed by atoms with Gasteiger partial charge in [0.15, 0.2) is 11.9 Å². The average molecular weight is 2030 g/mol. The SMILES string of the molecule is C[C@H](NC(=O)CNC(=O)[C@@H](NC(=O)[C@H](Cc1ccccc1)NC(=O)CNC(=O)CNC(=O)[C@@H](N)Cc1ccccc1)[C@@H](C)O)C(=O)N[C@@H](CCCNC(=N)N)C(=O)N[C@@H](CCCCN)C(=O)N[C@@H](CO)C(=O)N[C@@H](C)C(=O)N[C@@H](CCCNC(=N)N)C(=O)N[C@@H](CCCCN)C(=O)N[C@@H](CSC1CC(=O)N(CCCC(=O)NCCCCCCCCCCC(=O)NCCCCCCCCCCC(N)=O)C1=O)C(N)=O. The number of nitrogens with one attached hydrogen (secondary N) is 19. The molecule has 13 atom stereocenters. The molecule has 800 valence electrons. The number of guanidine groups is 2. The number of rotatable bonds is 78. The van der Waals surface area contributed by atoms with Gasteiger partial charge in [0, 0.05) is 70.6 Å². The molecular formula is C94H157N27O21S. The number of benzene rings is 2. The standard InChI is InChI=1S/C94H157N27O21S/c1-59(111-77(128)56-110-91(141)80(61(3)123)120-89(139)69(52-63-35-20-17-21-36-63)113-78(129)55-108-76(127)54-109-84(134)64(97)51-62-33-18-16-19-34-62)82(132)114-67(39-30-48-106-93(100)101)85(135)116-65(37-24-26-44-95)87(137)118-70(57-122)90(140)112-60(2)83(133)115-68(40-31-49-107-94(102)103)86(136)117-66(38-25-27-45-96)88(138)119-71(81(99)131)58-143-72-53-79(130)121(92(72)142)50-32-43-75(126)105-47-29-15-11-7-5-9-13-23-42-74(125)104-46-28-14-10-6-4-8-12-22-41-73(98)124/h16-21,33-36,59-61,64-72,80,122-123H,4-15,22-32,37-58,95-97H2,1-3H3,(H2,98,124)(H2,99,131)(H,104,125)(H,105,126)(H,108,127)(H,109,134)(H,110,141)(H,111,128)(H,112,140)(H,113,129)(H,114,132)(H,115,133)(H,116,135)(H,117,136)(H,118,137)(H,119,138)(H,120,139)(H4,100,101,106)(H4,102,103,107)/t59-,60-,61+,64-,65-,66-,67-,68-,69-,70-,71-,72?,80-/m0/s1. The number of primary amides is 2. The van der Waals surface area contributed by atoms with E-state index in [1.807, 2.05) is 0 Å². The molecule has 3 rings (SSSR count). The Morgan fingerprint density at radius 2 is 0.769 bits per heavy atom. The molecular weight excluding hydrogens is 1880 g/mol. The number of unbranched alkanes of at least 4 members (excludes halogenated alkanes) is 16. The number of imide groups is 1. The van der Waals surface area contributed by atoms with E-state index in [1.54, 1.807) is 60.7 Å². The van der Waals surface area contributed by atoms with Crippen molar-refractivity contribution in [1.29, 1.82) is 10.8 Å². The maximum atomic E-state index is 14.4. The number of thioether (sulfide) groups is 1. The van der Waals surface area contributed by atoms with Crippen LogP contribution in [0.15, 0.2) is 60.7 Å². The summed E-state index contributed by atoms with van der Waals surface area (Å²) >= 11 is 0.899. The molecule has 0 aliphatic carbocycles. The van der Waals surface area contributed by atoms with Crippen molar-refractivity contribution in [2.75, 3.05) is 77.8 Å². The van der Waals surface area contributed by atoms with Gasteiger partial charge in [-0.3, -0.25) is 107 Å². The number of hydrogen-bond donors (Lipinski definition) is 28. The van der Waals surface area contributed by atoms with Crippen LogP contribution in [-0.4, -0.2) is 295 Å². The fourth-order valence-corrected chi connectivity index (χ4v) is 16.1. The minimum Gasteiger partial charge on any atom is -0.394 e. The molecule has 143 heavy (non-hydrogen) atoms. The largest absolute Gasteiger partial charge is 0.394 e. The molecule has 1 aliphatic heterocycles. The van der Waals surface area contributed by atoms with E-state index in [0.717, 1.165) is 132 Å². The Labute approximate surface area is 839 Å². The number of hydrogen-bond acceptors (Lipinski definition) is 27. The summed E-state index contributed by atoms with van der Waals surface area (Å²) in [4.78, 5) is 255. The van der Waals surface area contributed by atoms with Gasteiger partial charge in [-0.1, -0.05) is 138 Å². The van der Waals surface area contributed by atoms with Gasteiger partial charge in [0.25, 0.3) is 0 Å². The van der Waals surface area contributed by atoms with Gasteiger partial charge < -0.3 is 141 Å². The third-order valence-electron chi connectivity index (χ3n) is 23.1. The lowest BCUT2D eigenvalue weighted by molar-refractivity contribution is -0.139. The Bertz CT molecular complexity index is 4380. The second kappa shape index (κ2) is 72.5. The topological polar surface area (TPSA) is 802 Å². The molecule has 19 amide bonds. The average Bonchev–Trinajstić information content (AvgIpc) is 1.70. The molecule has 1 heterocycles. The predicted octanol–water partition coefficient (Wildman–Crippen LogP) is -4.94. The van der Waals surface area contributed by atoms with Gasteiger partial charge in [-0.25, -0.2) is 0 Å². The zero-order chi connectivity index (χ0) is 106. The molecule has 2 aromatic rings. The van der Waals surface area contributed by atoms with Crippen LogP contribution in [0, 0.1) is 10.8 Å². The van der Waals surface area contributed by atoms with Gasteiger partial charge in [0.05, 0.1) is 43.6 Å². The van der Waals surface area contributed by atoms with Crippen LogP contribution in [0.4, 0.5) is 0 Å². The number of nitrogens with zero attached hydrogens (tertiary/aromatic N) is 1. The van der Waals surface area contributed by atoms with E-state index in [4.69, 9.17) is 51.0 Å². The summed E-state index contributed by atoms with van der Waals surface area (Å²) in [5.74, 6) is -15.9. The smallest absolute Gasteiger partial charge is 0.245 e. The molecule has 48 nitrogen and oxygen atoms in total. The summed E-state index contributed by atoms with van der Waals surface area (Å²) in [5, 5.41) is 78.4. The summed E-state index contributed by atoms with van der Waals surface area (Å²) in [7, 11) is 0. The van der Waals surface area contributed by atoms with Crippen molar-refractivity contribution in [3.8, 4) is 0 Å². The Morgan fingerprint density at radius 3 is 1.23 bits per heavy atom. The van der Waals surface area contributed by atoms with Crippen LogP contribution in [0.1, 0.15) is 231 Å². The molecule has 35 N–H and O–H groups in total. The van der Waals surface area contributed by atoms with Gasteiger partial charge in [0.1, 0.15) is 60.4 Å². The molecule has 0 bridgehead atoms. The van der Waals surface area contributed by atoms with Crippen molar-refractivity contribution in [3.05, 3.63) is 71.8 Å². The first kappa shape index (κ1) is 124. The second-order valence-corrected chi connectivity index (χ2v) is 36.6. The summed E-state index contributed by atoms with van der Waals surface area (Å²) in [5.41, 5.74) is 40.9. The first-order valence-corrected chi connectivity index (χ1v) is 50.4. The van der Waals surface area contributed by atoms with Crippen molar-refractivity contribution >= 4 is 136 Å². The third kappa shape index (κ3) is 54.9. The quantitative estimate of drug-likeness (QED) is 0.0128.